The largest absolute Gasteiger partial charge is 0.497 e. The number of anilines is 1. The molecule has 2 amide bonds. The highest BCUT2D eigenvalue weighted by atomic mass is 32.2. The van der Waals surface area contributed by atoms with Gasteiger partial charge in [0.05, 0.1) is 17.7 Å². The Morgan fingerprint density at radius 2 is 1.58 bits per heavy atom. The Labute approximate surface area is 223 Å². The van der Waals surface area contributed by atoms with Crippen molar-refractivity contribution in [3.05, 3.63) is 90.2 Å². The molecule has 0 heterocycles. The molecule has 0 aliphatic carbocycles. The van der Waals surface area contributed by atoms with Crippen LogP contribution in [0.15, 0.2) is 83.8 Å². The van der Waals surface area contributed by atoms with Crippen LogP contribution in [0.3, 0.4) is 0 Å². The Morgan fingerprint density at radius 1 is 0.947 bits per heavy atom. The number of amides is 2. The number of likely N-dealkylation sites (N-methyl/N-ethyl adjacent to an activating group) is 1. The minimum absolute atomic E-state index is 0.0189. The summed E-state index contributed by atoms with van der Waals surface area (Å²) in [7, 11) is -2.65. The van der Waals surface area contributed by atoms with E-state index >= 15 is 0 Å². The standard InChI is InChI=1S/C28H32FN3O5S/c1-4-26(28(34)30-5-2)31(19-21-11-17-24(37-3)18-12-21)27(33)20-32(23-15-13-22(29)14-16-23)38(35,36)25-9-7-6-8-10-25/h6-18,26H,4-5,19-20H2,1-3H3,(H,30,34)/t26-/m1/s1. The molecule has 202 valence electrons. The molecule has 0 saturated carbocycles. The van der Waals surface area contributed by atoms with E-state index in [-0.39, 0.29) is 23.0 Å². The first-order valence-electron chi connectivity index (χ1n) is 12.2. The van der Waals surface area contributed by atoms with Crippen molar-refractivity contribution in [1.82, 2.24) is 10.2 Å². The van der Waals surface area contributed by atoms with Gasteiger partial charge in [0, 0.05) is 13.1 Å². The third-order valence-corrected chi connectivity index (χ3v) is 7.76. The molecule has 0 aliphatic heterocycles. The molecule has 3 aromatic rings. The molecule has 0 bridgehead atoms. The van der Waals surface area contributed by atoms with Gasteiger partial charge in [0.25, 0.3) is 10.0 Å². The number of nitrogens with one attached hydrogen (secondary N) is 1. The second-order valence-corrected chi connectivity index (χ2v) is 10.4. The van der Waals surface area contributed by atoms with E-state index in [2.05, 4.69) is 5.32 Å². The van der Waals surface area contributed by atoms with Gasteiger partial charge in [0.15, 0.2) is 0 Å². The maximum atomic E-state index is 13.8. The summed E-state index contributed by atoms with van der Waals surface area (Å²) in [5.41, 5.74) is 0.861. The SMILES string of the molecule is CCNC(=O)[C@@H](CC)N(Cc1ccc(OC)cc1)C(=O)CN(c1ccc(F)cc1)S(=O)(=O)c1ccccc1. The Hall–Kier alpha value is -3.92. The Morgan fingerprint density at radius 3 is 2.13 bits per heavy atom. The Bertz CT molecular complexity index is 1320. The molecule has 0 radical (unpaired) electrons. The van der Waals surface area contributed by atoms with Crippen LogP contribution in [0.1, 0.15) is 25.8 Å². The quantitative estimate of drug-likeness (QED) is 0.374. The van der Waals surface area contributed by atoms with E-state index in [1.165, 1.54) is 29.2 Å². The second-order valence-electron chi connectivity index (χ2n) is 8.49. The van der Waals surface area contributed by atoms with E-state index in [1.807, 2.05) is 0 Å². The summed E-state index contributed by atoms with van der Waals surface area (Å²) in [5, 5.41) is 2.76. The summed E-state index contributed by atoms with van der Waals surface area (Å²) in [5.74, 6) is -0.821. The van der Waals surface area contributed by atoms with E-state index in [0.29, 0.717) is 18.7 Å². The van der Waals surface area contributed by atoms with Crippen LogP contribution in [0.5, 0.6) is 5.75 Å². The number of sulfonamides is 1. The van der Waals surface area contributed by atoms with E-state index in [9.17, 15) is 22.4 Å². The van der Waals surface area contributed by atoms with Gasteiger partial charge < -0.3 is 15.0 Å². The number of carbonyl (C=O) groups excluding carboxylic acids is 2. The number of methoxy groups -OCH3 is 1. The van der Waals surface area contributed by atoms with Crippen molar-refractivity contribution in [3.8, 4) is 5.75 Å². The van der Waals surface area contributed by atoms with Gasteiger partial charge in [-0.25, -0.2) is 12.8 Å². The van der Waals surface area contributed by atoms with Gasteiger partial charge in [-0.15, -0.1) is 0 Å². The number of benzene rings is 3. The van der Waals surface area contributed by atoms with Crippen LogP contribution in [0.2, 0.25) is 0 Å². The average Bonchev–Trinajstić information content (AvgIpc) is 2.93. The summed E-state index contributed by atoms with van der Waals surface area (Å²) in [4.78, 5) is 28.1. The van der Waals surface area contributed by atoms with Crippen LogP contribution in [0.25, 0.3) is 0 Å². The Kier molecular flexibility index (Phi) is 9.84. The summed E-state index contributed by atoms with van der Waals surface area (Å²) in [6.45, 7) is 3.43. The van der Waals surface area contributed by atoms with Gasteiger partial charge in [-0.05, 0) is 67.4 Å². The summed E-state index contributed by atoms with van der Waals surface area (Å²) in [6, 6.07) is 18.8. The molecular weight excluding hydrogens is 509 g/mol. The van der Waals surface area contributed by atoms with Gasteiger partial charge >= 0.3 is 0 Å². The molecule has 3 aromatic carbocycles. The summed E-state index contributed by atoms with van der Waals surface area (Å²) >= 11 is 0. The smallest absolute Gasteiger partial charge is 0.264 e. The third-order valence-electron chi connectivity index (χ3n) is 5.97. The molecule has 10 heteroatoms. The predicted octanol–water partition coefficient (Wildman–Crippen LogP) is 3.97. The molecule has 8 nitrogen and oxygen atoms in total. The topological polar surface area (TPSA) is 96.0 Å². The lowest BCUT2D eigenvalue weighted by Crippen LogP contribution is -2.52. The van der Waals surface area contributed by atoms with Crippen molar-refractivity contribution >= 4 is 27.5 Å². The van der Waals surface area contributed by atoms with Crippen LogP contribution in [-0.2, 0) is 26.2 Å². The van der Waals surface area contributed by atoms with Gasteiger partial charge in [0.2, 0.25) is 11.8 Å². The first kappa shape index (κ1) is 28.6. The van der Waals surface area contributed by atoms with Crippen molar-refractivity contribution in [3.63, 3.8) is 0 Å². The molecule has 0 fully saturated rings. The monoisotopic (exact) mass is 541 g/mol. The molecule has 3 rings (SSSR count). The number of ether oxygens (including phenoxy) is 1. The molecule has 0 spiro atoms. The van der Waals surface area contributed by atoms with Crippen LogP contribution in [0, 0.1) is 5.82 Å². The fourth-order valence-electron chi connectivity index (χ4n) is 3.99. The molecule has 0 unspecified atom stereocenters. The van der Waals surface area contributed by atoms with Crippen molar-refractivity contribution in [2.75, 3.05) is 24.5 Å². The fourth-order valence-corrected chi connectivity index (χ4v) is 5.43. The lowest BCUT2D eigenvalue weighted by atomic mass is 10.1. The summed E-state index contributed by atoms with van der Waals surface area (Å²) in [6.07, 6.45) is 0.315. The molecule has 1 N–H and O–H groups in total. The number of rotatable bonds is 12. The molecule has 0 aliphatic rings. The zero-order valence-electron chi connectivity index (χ0n) is 21.6. The van der Waals surface area contributed by atoms with Crippen LogP contribution in [0.4, 0.5) is 10.1 Å². The highest BCUT2D eigenvalue weighted by Gasteiger charge is 2.33. The minimum atomic E-state index is -4.19. The van der Waals surface area contributed by atoms with Crippen LogP contribution < -0.4 is 14.4 Å². The second kappa shape index (κ2) is 13.0. The zero-order valence-corrected chi connectivity index (χ0v) is 22.4. The number of nitrogens with zero attached hydrogens (tertiary/aromatic N) is 2. The zero-order chi connectivity index (χ0) is 27.7. The number of hydrogen-bond acceptors (Lipinski definition) is 5. The van der Waals surface area contributed by atoms with Crippen molar-refractivity contribution < 1.29 is 27.1 Å². The number of halogens is 1. The fraction of sp³-hybridized carbons (Fsp3) is 0.286. The first-order valence-corrected chi connectivity index (χ1v) is 13.7. The molecule has 0 saturated heterocycles. The van der Waals surface area contributed by atoms with Crippen molar-refractivity contribution in [2.24, 2.45) is 0 Å². The van der Waals surface area contributed by atoms with E-state index < -0.39 is 34.3 Å². The maximum Gasteiger partial charge on any atom is 0.264 e. The Balaban J connectivity index is 2.03. The highest BCUT2D eigenvalue weighted by molar-refractivity contribution is 7.92. The van der Waals surface area contributed by atoms with E-state index in [4.69, 9.17) is 4.74 Å². The van der Waals surface area contributed by atoms with E-state index in [0.717, 1.165) is 22.0 Å². The molecular formula is C28H32FN3O5S. The number of carbonyl (C=O) groups is 2. The number of hydrogen-bond donors (Lipinski definition) is 1. The van der Waals surface area contributed by atoms with Gasteiger partial charge in [-0.3, -0.25) is 13.9 Å². The third kappa shape index (κ3) is 6.89. The maximum absolute atomic E-state index is 13.8. The predicted molar refractivity (Wildman–Crippen MR) is 144 cm³/mol. The van der Waals surface area contributed by atoms with Crippen LogP contribution >= 0.6 is 0 Å². The van der Waals surface area contributed by atoms with Gasteiger partial charge in [-0.2, -0.15) is 0 Å². The summed E-state index contributed by atoms with van der Waals surface area (Å²) < 4.78 is 47.1. The lowest BCUT2D eigenvalue weighted by Gasteiger charge is -2.33. The van der Waals surface area contributed by atoms with Crippen LogP contribution in [-0.4, -0.2) is 51.4 Å². The van der Waals surface area contributed by atoms with Gasteiger partial charge in [-0.1, -0.05) is 37.3 Å². The van der Waals surface area contributed by atoms with Crippen molar-refractivity contribution in [1.29, 1.82) is 0 Å². The average molecular weight is 542 g/mol. The molecule has 38 heavy (non-hydrogen) atoms. The first-order chi connectivity index (χ1) is 18.2. The van der Waals surface area contributed by atoms with E-state index in [1.54, 1.807) is 63.4 Å². The lowest BCUT2D eigenvalue weighted by molar-refractivity contribution is -0.140. The molecule has 0 aromatic heterocycles. The highest BCUT2D eigenvalue weighted by Crippen LogP contribution is 2.25. The molecule has 1 atom stereocenters. The van der Waals surface area contributed by atoms with Gasteiger partial charge in [0.1, 0.15) is 24.2 Å². The normalized spacial score (nSPS) is 11.9. The minimum Gasteiger partial charge on any atom is -0.497 e. The van der Waals surface area contributed by atoms with Crippen molar-refractivity contribution in [2.45, 2.75) is 37.8 Å².